The number of hydrogen-bond acceptors (Lipinski definition) is 4. The number of amides is 1. The van der Waals surface area contributed by atoms with Gasteiger partial charge in [0.15, 0.2) is 0 Å². The van der Waals surface area contributed by atoms with E-state index in [1.807, 2.05) is 0 Å². The normalized spacial score (nSPS) is 39.5. The lowest BCUT2D eigenvalue weighted by Crippen LogP contribution is -2.62. The average molecular weight is 200 g/mol. The first-order valence-corrected chi connectivity index (χ1v) is 4.93. The second-order valence-electron chi connectivity index (χ2n) is 4.19. The second kappa shape index (κ2) is 3.18. The molecule has 1 saturated heterocycles. The Hall–Kier alpha value is -0.650. The molecule has 3 atom stereocenters. The molecule has 0 aromatic heterocycles. The number of carbonyl (C=O) groups excluding carboxylic acids is 1. The fraction of sp³-hybridized carbons (Fsp3) is 0.889. The van der Waals surface area contributed by atoms with Gasteiger partial charge >= 0.3 is 0 Å². The van der Waals surface area contributed by atoms with Gasteiger partial charge in [0.2, 0.25) is 5.91 Å². The molecule has 14 heavy (non-hydrogen) atoms. The van der Waals surface area contributed by atoms with Crippen LogP contribution in [0.5, 0.6) is 0 Å². The summed E-state index contributed by atoms with van der Waals surface area (Å²) in [6.45, 7) is 0.370. The maximum absolute atomic E-state index is 11.6. The first-order chi connectivity index (χ1) is 6.60. The molecule has 1 aliphatic carbocycles. The molecule has 0 aromatic carbocycles. The maximum Gasteiger partial charge on any atom is 0.227 e. The van der Waals surface area contributed by atoms with Gasteiger partial charge in [-0.3, -0.25) is 4.79 Å². The summed E-state index contributed by atoms with van der Waals surface area (Å²) in [4.78, 5) is 11.6. The predicted molar refractivity (Wildman–Crippen MR) is 49.5 cm³/mol. The second-order valence-corrected chi connectivity index (χ2v) is 4.19. The van der Waals surface area contributed by atoms with E-state index in [2.05, 4.69) is 10.6 Å². The topological polar surface area (TPSA) is 81.6 Å². The van der Waals surface area contributed by atoms with Crippen LogP contribution in [0.4, 0.5) is 0 Å². The Kier molecular flexibility index (Phi) is 2.25. The molecule has 1 spiro atoms. The van der Waals surface area contributed by atoms with Crippen molar-refractivity contribution < 1.29 is 15.0 Å². The number of rotatable bonds is 1. The Bertz CT molecular complexity index is 252. The molecule has 1 saturated carbocycles. The third-order valence-corrected chi connectivity index (χ3v) is 3.31. The van der Waals surface area contributed by atoms with Gasteiger partial charge < -0.3 is 20.8 Å². The van der Waals surface area contributed by atoms with Crippen molar-refractivity contribution in [1.82, 2.24) is 10.6 Å². The van der Waals surface area contributed by atoms with Crippen molar-refractivity contribution in [2.45, 2.75) is 30.6 Å². The highest BCUT2D eigenvalue weighted by atomic mass is 16.3. The summed E-state index contributed by atoms with van der Waals surface area (Å²) in [6.07, 6.45) is 0.00576. The van der Waals surface area contributed by atoms with Gasteiger partial charge in [-0.25, -0.2) is 0 Å². The quantitative estimate of drug-likeness (QED) is 0.403. The van der Waals surface area contributed by atoms with Gasteiger partial charge in [0.25, 0.3) is 0 Å². The van der Waals surface area contributed by atoms with Crippen LogP contribution >= 0.6 is 0 Å². The molecule has 3 unspecified atom stereocenters. The Morgan fingerprint density at radius 1 is 1.50 bits per heavy atom. The minimum absolute atomic E-state index is 0.193. The van der Waals surface area contributed by atoms with Gasteiger partial charge in [0.1, 0.15) is 0 Å². The van der Waals surface area contributed by atoms with E-state index in [1.165, 1.54) is 0 Å². The molecule has 5 heteroatoms. The third-order valence-electron chi connectivity index (χ3n) is 3.31. The first kappa shape index (κ1) is 9.89. The average Bonchev–Trinajstić information content (AvgIpc) is 2.93. The molecule has 1 heterocycles. The monoisotopic (exact) mass is 200 g/mol. The van der Waals surface area contributed by atoms with E-state index < -0.39 is 18.1 Å². The Morgan fingerprint density at radius 2 is 2.14 bits per heavy atom. The Morgan fingerprint density at radius 3 is 2.64 bits per heavy atom. The van der Waals surface area contributed by atoms with E-state index >= 15 is 0 Å². The van der Waals surface area contributed by atoms with Crippen LogP contribution in [0.1, 0.15) is 12.8 Å². The summed E-state index contributed by atoms with van der Waals surface area (Å²) in [5.41, 5.74) is -0.251. The molecule has 1 amide bonds. The van der Waals surface area contributed by atoms with Crippen molar-refractivity contribution in [2.24, 2.45) is 5.92 Å². The van der Waals surface area contributed by atoms with Crippen molar-refractivity contribution in [3.63, 3.8) is 0 Å². The lowest BCUT2D eigenvalue weighted by atomic mass is 9.83. The maximum atomic E-state index is 11.6. The highest BCUT2D eigenvalue weighted by Gasteiger charge is 2.58. The highest BCUT2D eigenvalue weighted by Crippen LogP contribution is 2.46. The summed E-state index contributed by atoms with van der Waals surface area (Å²) in [6, 6.07) is 0. The Balaban J connectivity index is 2.18. The van der Waals surface area contributed by atoms with Crippen LogP contribution < -0.4 is 10.6 Å². The summed E-state index contributed by atoms with van der Waals surface area (Å²) >= 11 is 0. The predicted octanol–water partition coefficient (Wildman–Crippen LogP) is -1.79. The standard InChI is InChI=1S/C9H16N2O3/c1-10-8(14)6-7(13)5(12)4-11-9(6)2-3-9/h5-7,11-13H,2-4H2,1H3,(H,10,14). The number of nitrogens with one attached hydrogen (secondary N) is 2. The van der Waals surface area contributed by atoms with Gasteiger partial charge in [-0.1, -0.05) is 0 Å². The molecule has 0 aromatic rings. The lowest BCUT2D eigenvalue weighted by molar-refractivity contribution is -0.137. The molecule has 5 nitrogen and oxygen atoms in total. The number of piperidine rings is 1. The third kappa shape index (κ3) is 1.32. The molecular formula is C9H16N2O3. The van der Waals surface area contributed by atoms with E-state index in [0.29, 0.717) is 6.54 Å². The molecule has 0 radical (unpaired) electrons. The van der Waals surface area contributed by atoms with E-state index in [9.17, 15) is 15.0 Å². The minimum Gasteiger partial charge on any atom is -0.389 e. The molecule has 2 rings (SSSR count). The highest BCUT2D eigenvalue weighted by molar-refractivity contribution is 5.81. The van der Waals surface area contributed by atoms with E-state index in [0.717, 1.165) is 12.8 Å². The van der Waals surface area contributed by atoms with Crippen molar-refractivity contribution in [1.29, 1.82) is 0 Å². The largest absolute Gasteiger partial charge is 0.389 e. The van der Waals surface area contributed by atoms with Gasteiger partial charge in [0.05, 0.1) is 18.1 Å². The summed E-state index contributed by atoms with van der Waals surface area (Å²) in [5, 5.41) is 24.9. The number of β-amino-alcohol motifs (C(OH)–C–C–N with tert-alkyl or cyclic N) is 1. The van der Waals surface area contributed by atoms with Crippen LogP contribution in [0.3, 0.4) is 0 Å². The number of carbonyl (C=O) groups is 1. The number of aliphatic hydroxyl groups is 2. The minimum atomic E-state index is -0.946. The smallest absolute Gasteiger partial charge is 0.227 e. The van der Waals surface area contributed by atoms with Crippen LogP contribution in [0.25, 0.3) is 0 Å². The van der Waals surface area contributed by atoms with Crippen molar-refractivity contribution in [3.8, 4) is 0 Å². The Labute approximate surface area is 82.5 Å². The van der Waals surface area contributed by atoms with Gasteiger partial charge in [-0.15, -0.1) is 0 Å². The molecule has 1 aliphatic heterocycles. The van der Waals surface area contributed by atoms with Crippen LogP contribution in [-0.2, 0) is 4.79 Å². The van der Waals surface area contributed by atoms with Crippen LogP contribution in [0.15, 0.2) is 0 Å². The molecule has 2 aliphatic rings. The zero-order valence-electron chi connectivity index (χ0n) is 8.16. The van der Waals surface area contributed by atoms with Crippen LogP contribution in [-0.4, -0.2) is 47.5 Å². The van der Waals surface area contributed by atoms with Gasteiger partial charge in [-0.05, 0) is 12.8 Å². The van der Waals surface area contributed by atoms with Crippen LogP contribution in [0.2, 0.25) is 0 Å². The molecule has 2 fully saturated rings. The van der Waals surface area contributed by atoms with E-state index in [1.54, 1.807) is 7.05 Å². The van der Waals surface area contributed by atoms with E-state index in [-0.39, 0.29) is 11.4 Å². The van der Waals surface area contributed by atoms with E-state index in [4.69, 9.17) is 0 Å². The van der Waals surface area contributed by atoms with Crippen molar-refractivity contribution in [2.75, 3.05) is 13.6 Å². The summed E-state index contributed by atoms with van der Waals surface area (Å²) < 4.78 is 0. The zero-order valence-corrected chi connectivity index (χ0v) is 8.16. The molecule has 0 bridgehead atoms. The molecular weight excluding hydrogens is 184 g/mol. The number of aliphatic hydroxyl groups excluding tert-OH is 2. The van der Waals surface area contributed by atoms with Crippen molar-refractivity contribution >= 4 is 5.91 Å². The summed E-state index contributed by atoms with van der Waals surface area (Å²) in [5.74, 6) is -0.711. The van der Waals surface area contributed by atoms with Gasteiger partial charge in [-0.2, -0.15) is 0 Å². The summed E-state index contributed by atoms with van der Waals surface area (Å²) in [7, 11) is 1.55. The zero-order chi connectivity index (χ0) is 10.3. The van der Waals surface area contributed by atoms with Gasteiger partial charge in [0, 0.05) is 19.1 Å². The first-order valence-electron chi connectivity index (χ1n) is 4.93. The lowest BCUT2D eigenvalue weighted by Gasteiger charge is -2.38. The fourth-order valence-corrected chi connectivity index (χ4v) is 2.27. The fourth-order valence-electron chi connectivity index (χ4n) is 2.27. The van der Waals surface area contributed by atoms with Crippen molar-refractivity contribution in [3.05, 3.63) is 0 Å². The number of hydrogen-bond donors (Lipinski definition) is 4. The molecule has 4 N–H and O–H groups in total. The SMILES string of the molecule is CNC(=O)C1C(O)C(O)CNC12CC2. The van der Waals surface area contributed by atoms with Crippen LogP contribution in [0, 0.1) is 5.92 Å². The molecule has 80 valence electrons.